The summed E-state index contributed by atoms with van der Waals surface area (Å²) in [6, 6.07) is 11.2. The summed E-state index contributed by atoms with van der Waals surface area (Å²) in [5.41, 5.74) is 8.59. The fourth-order valence-electron chi connectivity index (χ4n) is 3.16. The molecule has 1 aromatic carbocycles. The highest BCUT2D eigenvalue weighted by atomic mass is 16.5. The van der Waals surface area contributed by atoms with Gasteiger partial charge >= 0.3 is 0 Å². The third-order valence-corrected chi connectivity index (χ3v) is 4.85. The standard InChI is InChI=1S/C22H26N4O3/c1-3-29-10-9-26-20-12-16(18-5-4-8-24-13-18)6-7-17(20)11-19(22(26)28)14-25-15(2)21(23)27/h4-8,11-13,15,25H,3,9-10,14H2,1-2H3,(H2,23,27). The predicted molar refractivity (Wildman–Crippen MR) is 113 cm³/mol. The number of hydrogen-bond donors (Lipinski definition) is 2. The molecule has 29 heavy (non-hydrogen) atoms. The van der Waals surface area contributed by atoms with Gasteiger partial charge in [-0.05, 0) is 43.0 Å². The molecule has 0 saturated heterocycles. The van der Waals surface area contributed by atoms with Crippen LogP contribution in [0.2, 0.25) is 0 Å². The van der Waals surface area contributed by atoms with Crippen LogP contribution in [0, 0.1) is 0 Å². The van der Waals surface area contributed by atoms with Crippen LogP contribution in [0.25, 0.3) is 22.0 Å². The molecule has 152 valence electrons. The summed E-state index contributed by atoms with van der Waals surface area (Å²) in [5.74, 6) is -0.455. The number of hydrogen-bond acceptors (Lipinski definition) is 5. The van der Waals surface area contributed by atoms with Crippen LogP contribution in [0.5, 0.6) is 0 Å². The van der Waals surface area contributed by atoms with Crippen molar-refractivity contribution in [3.63, 3.8) is 0 Å². The molecule has 1 unspecified atom stereocenters. The molecule has 0 aliphatic rings. The van der Waals surface area contributed by atoms with Crippen LogP contribution in [0.4, 0.5) is 0 Å². The third kappa shape index (κ3) is 4.88. The molecule has 0 fully saturated rings. The van der Waals surface area contributed by atoms with Crippen molar-refractivity contribution in [1.29, 1.82) is 0 Å². The van der Waals surface area contributed by atoms with Gasteiger partial charge in [0, 0.05) is 43.2 Å². The Hall–Kier alpha value is -3.03. The summed E-state index contributed by atoms with van der Waals surface area (Å²) in [4.78, 5) is 28.6. The Bertz CT molecular complexity index is 1050. The van der Waals surface area contributed by atoms with Crippen LogP contribution in [-0.2, 0) is 22.6 Å². The normalized spacial score (nSPS) is 12.2. The number of primary amides is 1. The highest BCUT2D eigenvalue weighted by molar-refractivity contribution is 5.85. The fraction of sp³-hybridized carbons (Fsp3) is 0.318. The first-order chi connectivity index (χ1) is 14.0. The second-order valence-corrected chi connectivity index (χ2v) is 6.84. The molecule has 7 nitrogen and oxygen atoms in total. The largest absolute Gasteiger partial charge is 0.380 e. The summed E-state index contributed by atoms with van der Waals surface area (Å²) < 4.78 is 7.21. The lowest BCUT2D eigenvalue weighted by Crippen LogP contribution is -2.39. The Morgan fingerprint density at radius 2 is 2.10 bits per heavy atom. The van der Waals surface area contributed by atoms with E-state index in [-0.39, 0.29) is 12.1 Å². The molecule has 3 rings (SSSR count). The van der Waals surface area contributed by atoms with Gasteiger partial charge in [0.2, 0.25) is 5.91 Å². The molecular formula is C22H26N4O3. The maximum absolute atomic E-state index is 13.1. The summed E-state index contributed by atoms with van der Waals surface area (Å²) >= 11 is 0. The first-order valence-electron chi connectivity index (χ1n) is 9.68. The molecule has 2 heterocycles. The van der Waals surface area contributed by atoms with Crippen LogP contribution in [-0.4, -0.2) is 34.7 Å². The number of carbonyl (C=O) groups excluding carboxylic acids is 1. The molecule has 2 aromatic heterocycles. The van der Waals surface area contributed by atoms with E-state index in [9.17, 15) is 9.59 Å². The van der Waals surface area contributed by atoms with Crippen LogP contribution in [0.15, 0.2) is 53.6 Å². The Labute approximate surface area is 169 Å². The van der Waals surface area contributed by atoms with Gasteiger partial charge in [-0.15, -0.1) is 0 Å². The summed E-state index contributed by atoms with van der Waals surface area (Å²) in [6.45, 7) is 5.34. The molecule has 0 bridgehead atoms. The minimum absolute atomic E-state index is 0.107. The lowest BCUT2D eigenvalue weighted by molar-refractivity contribution is -0.119. The maximum Gasteiger partial charge on any atom is 0.255 e. The average molecular weight is 394 g/mol. The SMILES string of the molecule is CCOCCn1c(=O)c(CNC(C)C(N)=O)cc2ccc(-c3cccnc3)cc21. The van der Waals surface area contributed by atoms with Gasteiger partial charge in [-0.3, -0.25) is 14.6 Å². The van der Waals surface area contributed by atoms with Crippen LogP contribution < -0.4 is 16.6 Å². The van der Waals surface area contributed by atoms with Crippen molar-refractivity contribution in [1.82, 2.24) is 14.9 Å². The van der Waals surface area contributed by atoms with Crippen LogP contribution in [0.3, 0.4) is 0 Å². The van der Waals surface area contributed by atoms with Gasteiger partial charge < -0.3 is 20.4 Å². The van der Waals surface area contributed by atoms with E-state index in [0.717, 1.165) is 22.0 Å². The van der Waals surface area contributed by atoms with E-state index < -0.39 is 11.9 Å². The van der Waals surface area contributed by atoms with Gasteiger partial charge in [-0.25, -0.2) is 0 Å². The zero-order valence-electron chi connectivity index (χ0n) is 16.7. The minimum Gasteiger partial charge on any atom is -0.380 e. The molecule has 7 heteroatoms. The number of nitrogens with two attached hydrogens (primary N) is 1. The number of carbonyl (C=O) groups is 1. The van der Waals surface area contributed by atoms with Crippen molar-refractivity contribution in [2.75, 3.05) is 13.2 Å². The van der Waals surface area contributed by atoms with E-state index in [2.05, 4.69) is 10.3 Å². The number of rotatable bonds is 9. The second kappa shape index (κ2) is 9.45. The van der Waals surface area contributed by atoms with Gasteiger partial charge in [-0.1, -0.05) is 18.2 Å². The highest BCUT2D eigenvalue weighted by Crippen LogP contribution is 2.24. The molecule has 3 aromatic rings. The quantitative estimate of drug-likeness (QED) is 0.541. The molecule has 1 atom stereocenters. The number of fused-ring (bicyclic) bond motifs is 1. The first-order valence-corrected chi connectivity index (χ1v) is 9.68. The van der Waals surface area contributed by atoms with Gasteiger partial charge in [-0.2, -0.15) is 0 Å². The molecule has 0 saturated carbocycles. The zero-order chi connectivity index (χ0) is 20.8. The Balaban J connectivity index is 2.05. The van der Waals surface area contributed by atoms with E-state index in [1.54, 1.807) is 23.9 Å². The third-order valence-electron chi connectivity index (χ3n) is 4.85. The van der Waals surface area contributed by atoms with Crippen LogP contribution in [0.1, 0.15) is 19.4 Å². The zero-order valence-corrected chi connectivity index (χ0v) is 16.7. The van der Waals surface area contributed by atoms with Gasteiger partial charge in [0.05, 0.1) is 18.2 Å². The molecule has 0 radical (unpaired) electrons. The number of pyridine rings is 2. The van der Waals surface area contributed by atoms with Crippen molar-refractivity contribution >= 4 is 16.8 Å². The number of amides is 1. The number of ether oxygens (including phenoxy) is 1. The van der Waals surface area contributed by atoms with Crippen molar-refractivity contribution in [2.24, 2.45) is 5.73 Å². The summed E-state index contributed by atoms with van der Waals surface area (Å²) in [6.07, 6.45) is 3.53. The molecule has 0 spiro atoms. The minimum atomic E-state index is -0.519. The van der Waals surface area contributed by atoms with Crippen molar-refractivity contribution in [2.45, 2.75) is 33.0 Å². The van der Waals surface area contributed by atoms with Crippen molar-refractivity contribution in [3.05, 3.63) is 64.7 Å². The molecule has 0 aliphatic heterocycles. The van der Waals surface area contributed by atoms with Gasteiger partial charge in [0.25, 0.3) is 5.56 Å². The summed E-state index contributed by atoms with van der Waals surface area (Å²) in [7, 11) is 0. The number of nitrogens with one attached hydrogen (secondary N) is 1. The smallest absolute Gasteiger partial charge is 0.255 e. The number of aromatic nitrogens is 2. The van der Waals surface area contributed by atoms with Crippen molar-refractivity contribution < 1.29 is 9.53 Å². The predicted octanol–water partition coefficient (Wildman–Crippen LogP) is 2.06. The van der Waals surface area contributed by atoms with Gasteiger partial charge in [0.15, 0.2) is 0 Å². The Morgan fingerprint density at radius 1 is 1.28 bits per heavy atom. The summed E-state index contributed by atoms with van der Waals surface area (Å²) in [5, 5.41) is 3.95. The first kappa shape index (κ1) is 20.7. The van der Waals surface area contributed by atoms with E-state index in [4.69, 9.17) is 10.5 Å². The van der Waals surface area contributed by atoms with E-state index in [1.807, 2.05) is 43.3 Å². The van der Waals surface area contributed by atoms with E-state index in [1.165, 1.54) is 0 Å². The molecule has 1 amide bonds. The monoisotopic (exact) mass is 394 g/mol. The van der Waals surface area contributed by atoms with Gasteiger partial charge in [0.1, 0.15) is 0 Å². The number of benzene rings is 1. The Kier molecular flexibility index (Phi) is 6.74. The van der Waals surface area contributed by atoms with Crippen LogP contribution >= 0.6 is 0 Å². The fourth-order valence-corrected chi connectivity index (χ4v) is 3.16. The lowest BCUT2D eigenvalue weighted by Gasteiger charge is -2.16. The maximum atomic E-state index is 13.1. The van der Waals surface area contributed by atoms with Crippen molar-refractivity contribution in [3.8, 4) is 11.1 Å². The molecule has 0 aliphatic carbocycles. The van der Waals surface area contributed by atoms with E-state index >= 15 is 0 Å². The Morgan fingerprint density at radius 3 is 2.79 bits per heavy atom. The average Bonchev–Trinajstić information content (AvgIpc) is 2.74. The second-order valence-electron chi connectivity index (χ2n) is 6.84. The van der Waals surface area contributed by atoms with E-state index in [0.29, 0.717) is 25.3 Å². The molecule has 3 N–H and O–H groups in total. The topological polar surface area (TPSA) is 99.2 Å². The molecular weight excluding hydrogens is 368 g/mol. The highest BCUT2D eigenvalue weighted by Gasteiger charge is 2.13. The number of nitrogens with zero attached hydrogens (tertiary/aromatic N) is 2. The lowest BCUT2D eigenvalue weighted by atomic mass is 10.0.